The Labute approximate surface area is 193 Å². The van der Waals surface area contributed by atoms with Gasteiger partial charge in [-0.2, -0.15) is 0 Å². The first-order chi connectivity index (χ1) is 16.3. The van der Waals surface area contributed by atoms with Gasteiger partial charge in [0.25, 0.3) is 0 Å². The van der Waals surface area contributed by atoms with Crippen LogP contribution in [0.4, 0.5) is 0 Å². The Bertz CT molecular complexity index is 1330. The molecule has 0 spiro atoms. The second-order valence-corrected chi connectivity index (χ2v) is 8.66. The van der Waals surface area contributed by atoms with Crippen molar-refractivity contribution in [1.82, 2.24) is 10.3 Å². The number of ketones is 1. The molecule has 5 aromatic rings. The summed E-state index contributed by atoms with van der Waals surface area (Å²) < 4.78 is 0. The number of carbonyl (C=O) groups excluding carboxylic acids is 1. The Morgan fingerprint density at radius 2 is 1.24 bits per heavy atom. The number of aromatic nitrogens is 1. The molecular formula is C30H24N2O. The lowest BCUT2D eigenvalue weighted by molar-refractivity contribution is 0.0927. The summed E-state index contributed by atoms with van der Waals surface area (Å²) in [5.41, 5.74) is 5.63. The van der Waals surface area contributed by atoms with E-state index < -0.39 is 5.54 Å². The average molecular weight is 429 g/mol. The van der Waals surface area contributed by atoms with Crippen LogP contribution in [0.25, 0.3) is 10.9 Å². The number of H-pyrrole nitrogens is 1. The van der Waals surface area contributed by atoms with Crippen molar-refractivity contribution in [3.63, 3.8) is 0 Å². The topological polar surface area (TPSA) is 44.9 Å². The van der Waals surface area contributed by atoms with Gasteiger partial charge in [0.05, 0.1) is 11.6 Å². The van der Waals surface area contributed by atoms with Gasteiger partial charge in [0, 0.05) is 22.7 Å². The lowest BCUT2D eigenvalue weighted by Gasteiger charge is -2.40. The Hall–Kier alpha value is -3.95. The van der Waals surface area contributed by atoms with Gasteiger partial charge in [-0.25, -0.2) is 0 Å². The molecule has 0 amide bonds. The third-order valence-electron chi connectivity index (χ3n) is 6.80. The molecule has 1 heterocycles. The number of benzene rings is 4. The summed E-state index contributed by atoms with van der Waals surface area (Å²) in [5.74, 6) is 0.139. The number of aromatic amines is 1. The van der Waals surface area contributed by atoms with Crippen molar-refractivity contribution in [3.05, 3.63) is 143 Å². The smallest absolute Gasteiger partial charge is 0.180 e. The Morgan fingerprint density at radius 3 is 1.79 bits per heavy atom. The molecule has 0 unspecified atom stereocenters. The van der Waals surface area contributed by atoms with Crippen LogP contribution in [0.3, 0.4) is 0 Å². The normalized spacial score (nSPS) is 15.6. The molecule has 4 aromatic carbocycles. The second kappa shape index (κ2) is 7.88. The van der Waals surface area contributed by atoms with E-state index in [-0.39, 0.29) is 11.8 Å². The largest absolute Gasteiger partial charge is 0.361 e. The van der Waals surface area contributed by atoms with E-state index in [0.717, 1.165) is 33.2 Å². The maximum atomic E-state index is 13.8. The molecule has 160 valence electrons. The van der Waals surface area contributed by atoms with Crippen molar-refractivity contribution in [3.8, 4) is 0 Å². The highest BCUT2D eigenvalue weighted by molar-refractivity contribution is 6.13. The van der Waals surface area contributed by atoms with Crippen LogP contribution >= 0.6 is 0 Å². The lowest BCUT2D eigenvalue weighted by atomic mass is 9.75. The van der Waals surface area contributed by atoms with E-state index in [4.69, 9.17) is 0 Å². The molecule has 3 nitrogen and oxygen atoms in total. The summed E-state index contributed by atoms with van der Waals surface area (Å²) in [4.78, 5) is 17.1. The zero-order valence-corrected chi connectivity index (χ0v) is 18.2. The summed E-state index contributed by atoms with van der Waals surface area (Å²) in [6, 6.07) is 36.9. The number of hydrogen-bond donors (Lipinski definition) is 2. The first-order valence-corrected chi connectivity index (χ1v) is 11.3. The highest BCUT2D eigenvalue weighted by Gasteiger charge is 2.41. The minimum atomic E-state index is -0.675. The number of hydrogen-bond acceptors (Lipinski definition) is 2. The number of Topliss-reactive ketones (excluding diaryl/α,β-unsaturated/α-hetero) is 1. The third kappa shape index (κ3) is 3.12. The average Bonchev–Trinajstić information content (AvgIpc) is 3.30. The van der Waals surface area contributed by atoms with Crippen LogP contribution in [0, 0.1) is 0 Å². The van der Waals surface area contributed by atoms with E-state index in [1.54, 1.807) is 0 Å². The van der Waals surface area contributed by atoms with Crippen LogP contribution in [0.15, 0.2) is 115 Å². The quantitative estimate of drug-likeness (QED) is 0.345. The second-order valence-electron chi connectivity index (χ2n) is 8.66. The van der Waals surface area contributed by atoms with Gasteiger partial charge in [-0.15, -0.1) is 0 Å². The molecule has 1 aliphatic carbocycles. The summed E-state index contributed by atoms with van der Waals surface area (Å²) in [5, 5.41) is 4.94. The number of rotatable bonds is 5. The summed E-state index contributed by atoms with van der Waals surface area (Å²) >= 11 is 0. The summed E-state index contributed by atoms with van der Waals surface area (Å²) in [6.07, 6.45) is 2.69. The third-order valence-corrected chi connectivity index (χ3v) is 6.80. The SMILES string of the molecule is O=C1c2cccc3[nH]cc(c23)C[C@H]1NC(c1ccccc1)(c1ccccc1)c1ccccc1. The van der Waals surface area contributed by atoms with Crippen molar-refractivity contribution in [2.45, 2.75) is 18.0 Å². The predicted octanol–water partition coefficient (Wildman–Crippen LogP) is 5.86. The molecule has 1 atom stereocenters. The fraction of sp³-hybridized carbons (Fsp3) is 0.100. The standard InChI is InChI=1S/C30H24N2O/c33-29-25-17-10-18-26-28(25)21(20-31-26)19-27(29)32-30(22-11-4-1-5-12-22,23-13-6-2-7-14-23)24-15-8-3-9-16-24/h1-18,20,27,31-32H,19H2/t27-/m1/s1. The van der Waals surface area contributed by atoms with Gasteiger partial charge in [0.15, 0.2) is 5.78 Å². The molecule has 0 bridgehead atoms. The van der Waals surface area contributed by atoms with Gasteiger partial charge in [0.1, 0.15) is 0 Å². The van der Waals surface area contributed by atoms with Gasteiger partial charge < -0.3 is 4.98 Å². The van der Waals surface area contributed by atoms with Crippen LogP contribution in [0.2, 0.25) is 0 Å². The van der Waals surface area contributed by atoms with Crippen LogP contribution in [0.1, 0.15) is 32.6 Å². The molecule has 1 aromatic heterocycles. The monoisotopic (exact) mass is 428 g/mol. The first kappa shape index (κ1) is 19.7. The minimum Gasteiger partial charge on any atom is -0.361 e. The van der Waals surface area contributed by atoms with Crippen LogP contribution in [0.5, 0.6) is 0 Å². The molecule has 0 aliphatic heterocycles. The van der Waals surface area contributed by atoms with Crippen molar-refractivity contribution in [2.75, 3.05) is 0 Å². The lowest BCUT2D eigenvalue weighted by Crippen LogP contribution is -2.54. The fourth-order valence-corrected chi connectivity index (χ4v) is 5.31. The zero-order valence-electron chi connectivity index (χ0n) is 18.2. The fourth-order valence-electron chi connectivity index (χ4n) is 5.31. The number of carbonyl (C=O) groups is 1. The van der Waals surface area contributed by atoms with Crippen molar-refractivity contribution >= 4 is 16.7 Å². The minimum absolute atomic E-state index is 0.139. The Morgan fingerprint density at radius 1 is 0.697 bits per heavy atom. The molecule has 33 heavy (non-hydrogen) atoms. The molecule has 3 heteroatoms. The highest BCUT2D eigenvalue weighted by Crippen LogP contribution is 2.39. The maximum Gasteiger partial charge on any atom is 0.180 e. The molecule has 0 radical (unpaired) electrons. The van der Waals surface area contributed by atoms with Crippen LogP contribution in [-0.2, 0) is 12.0 Å². The predicted molar refractivity (Wildman–Crippen MR) is 132 cm³/mol. The van der Waals surface area contributed by atoms with Crippen molar-refractivity contribution in [2.24, 2.45) is 0 Å². The molecular weight excluding hydrogens is 404 g/mol. The number of nitrogens with one attached hydrogen (secondary N) is 2. The van der Waals surface area contributed by atoms with E-state index in [9.17, 15) is 4.79 Å². The summed E-state index contributed by atoms with van der Waals surface area (Å²) in [6.45, 7) is 0. The summed E-state index contributed by atoms with van der Waals surface area (Å²) in [7, 11) is 0. The van der Waals surface area contributed by atoms with Crippen molar-refractivity contribution < 1.29 is 4.79 Å². The molecule has 0 saturated heterocycles. The maximum absolute atomic E-state index is 13.8. The van der Waals surface area contributed by atoms with Gasteiger partial charge in [-0.05, 0) is 34.7 Å². The van der Waals surface area contributed by atoms with Gasteiger partial charge in [0.2, 0.25) is 0 Å². The Kier molecular flexibility index (Phi) is 4.70. The van der Waals surface area contributed by atoms with Gasteiger partial charge in [-0.3, -0.25) is 10.1 Å². The van der Waals surface area contributed by atoms with E-state index in [0.29, 0.717) is 6.42 Å². The molecule has 2 N–H and O–H groups in total. The molecule has 1 aliphatic rings. The first-order valence-electron chi connectivity index (χ1n) is 11.3. The van der Waals surface area contributed by atoms with E-state index in [1.807, 2.05) is 42.6 Å². The molecule has 6 rings (SSSR count). The van der Waals surface area contributed by atoms with E-state index >= 15 is 0 Å². The Balaban J connectivity index is 1.55. The van der Waals surface area contributed by atoms with Crippen LogP contribution in [-0.4, -0.2) is 16.8 Å². The van der Waals surface area contributed by atoms with E-state index in [2.05, 4.69) is 83.1 Å². The van der Waals surface area contributed by atoms with E-state index in [1.165, 1.54) is 5.56 Å². The molecule has 0 saturated carbocycles. The van der Waals surface area contributed by atoms with Crippen LogP contribution < -0.4 is 5.32 Å². The van der Waals surface area contributed by atoms with Crippen molar-refractivity contribution in [1.29, 1.82) is 0 Å². The van der Waals surface area contributed by atoms with Gasteiger partial charge in [-0.1, -0.05) is 103 Å². The molecule has 0 fully saturated rings. The zero-order chi connectivity index (χ0) is 22.3. The van der Waals surface area contributed by atoms with Gasteiger partial charge >= 0.3 is 0 Å². The highest BCUT2D eigenvalue weighted by atomic mass is 16.1.